The van der Waals surface area contributed by atoms with E-state index in [1.165, 1.54) is 0 Å². The Hall–Kier alpha value is -1.08. The van der Waals surface area contributed by atoms with Crippen LogP contribution < -0.4 is 0 Å². The topological polar surface area (TPSA) is 60.3 Å². The van der Waals surface area contributed by atoms with Gasteiger partial charge in [-0.05, 0) is 69.1 Å². The van der Waals surface area contributed by atoms with Gasteiger partial charge >= 0.3 is 0 Å². The molecule has 2 aliphatic rings. The van der Waals surface area contributed by atoms with Crippen molar-refractivity contribution in [1.29, 1.82) is 5.26 Å². The van der Waals surface area contributed by atoms with Crippen molar-refractivity contribution in [3.63, 3.8) is 0 Å². The van der Waals surface area contributed by atoms with Crippen LogP contribution in [0.3, 0.4) is 0 Å². The monoisotopic (exact) mass is 381 g/mol. The lowest BCUT2D eigenvalue weighted by Gasteiger charge is -2.47. The summed E-state index contributed by atoms with van der Waals surface area (Å²) in [6.45, 7) is 5.33. The molecule has 2 heterocycles. The predicted octanol–water partition coefficient (Wildman–Crippen LogP) is 0.0492. The van der Waals surface area contributed by atoms with Gasteiger partial charge in [-0.1, -0.05) is 0 Å². The van der Waals surface area contributed by atoms with Crippen LogP contribution in [0, 0.1) is 11.3 Å². The van der Waals surface area contributed by atoms with Crippen LogP contribution in [-0.4, -0.2) is 129 Å². The Morgan fingerprint density at radius 3 is 2.04 bits per heavy atom. The molecule has 2 rings (SSSR count). The van der Waals surface area contributed by atoms with Crippen LogP contribution in [0.4, 0.5) is 0 Å². The van der Waals surface area contributed by atoms with Crippen molar-refractivity contribution in [3.8, 4) is 6.07 Å². The molecule has 2 fully saturated rings. The van der Waals surface area contributed by atoms with E-state index in [0.717, 1.165) is 32.5 Å². The van der Waals surface area contributed by atoms with Crippen molar-refractivity contribution in [2.24, 2.45) is 0 Å². The molecule has 0 amide bonds. The molecule has 156 valence electrons. The van der Waals surface area contributed by atoms with Crippen molar-refractivity contribution in [3.05, 3.63) is 0 Å². The summed E-state index contributed by atoms with van der Waals surface area (Å²) >= 11 is 0. The zero-order valence-corrected chi connectivity index (χ0v) is 18.5. The number of hydrogen-bond acceptors (Lipinski definition) is 8. The number of hydrogen-bond donors (Lipinski definition) is 0. The molecule has 0 radical (unpaired) electrons. The SMILES string of the molecule is CC(=O)C1CCN(C)C(N(C)C)N1C.CN(C)C1N(C)CCCN1CC#N. The summed E-state index contributed by atoms with van der Waals surface area (Å²) in [5.41, 5.74) is 0. The molecule has 27 heavy (non-hydrogen) atoms. The number of likely N-dealkylation sites (N-methyl/N-ethyl adjacent to an activating group) is 1. The average molecular weight is 382 g/mol. The Kier molecular flexibility index (Phi) is 9.81. The van der Waals surface area contributed by atoms with Crippen molar-refractivity contribution >= 4 is 5.78 Å². The number of Topliss-reactive ketones (excluding diaryl/α,β-unsaturated/α-hetero) is 1. The van der Waals surface area contributed by atoms with E-state index >= 15 is 0 Å². The van der Waals surface area contributed by atoms with Crippen molar-refractivity contribution < 1.29 is 4.79 Å². The van der Waals surface area contributed by atoms with Crippen LogP contribution in [0.25, 0.3) is 0 Å². The second kappa shape index (κ2) is 11.1. The van der Waals surface area contributed by atoms with Crippen LogP contribution in [0.1, 0.15) is 19.8 Å². The summed E-state index contributed by atoms with van der Waals surface area (Å²) in [7, 11) is 14.4. The van der Waals surface area contributed by atoms with E-state index in [9.17, 15) is 4.79 Å². The summed E-state index contributed by atoms with van der Waals surface area (Å²) < 4.78 is 0. The zero-order chi connectivity index (χ0) is 20.7. The third-order valence-corrected chi connectivity index (χ3v) is 5.35. The number of nitriles is 1. The molecule has 3 unspecified atom stereocenters. The number of carbonyl (C=O) groups excluding carboxylic acids is 1. The van der Waals surface area contributed by atoms with E-state index in [0.29, 0.717) is 6.54 Å². The maximum absolute atomic E-state index is 11.4. The first kappa shape index (κ1) is 24.0. The molecule has 2 saturated heterocycles. The van der Waals surface area contributed by atoms with E-state index in [1.807, 2.05) is 21.1 Å². The van der Waals surface area contributed by atoms with Gasteiger partial charge in [-0.15, -0.1) is 0 Å². The van der Waals surface area contributed by atoms with Gasteiger partial charge in [-0.25, -0.2) is 0 Å². The van der Waals surface area contributed by atoms with Crippen LogP contribution in [-0.2, 0) is 4.79 Å². The summed E-state index contributed by atoms with van der Waals surface area (Å²) in [6.07, 6.45) is 2.61. The van der Waals surface area contributed by atoms with Gasteiger partial charge in [0.15, 0.2) is 0 Å². The minimum absolute atomic E-state index is 0.0820. The smallest absolute Gasteiger partial charge is 0.147 e. The predicted molar refractivity (Wildman–Crippen MR) is 109 cm³/mol. The van der Waals surface area contributed by atoms with Crippen molar-refractivity contribution in [2.45, 2.75) is 38.4 Å². The lowest BCUT2D eigenvalue weighted by molar-refractivity contribution is -0.134. The maximum atomic E-state index is 11.4. The number of carbonyl (C=O) groups is 1. The fourth-order valence-electron chi connectivity index (χ4n) is 4.37. The van der Waals surface area contributed by atoms with Crippen LogP contribution in [0.15, 0.2) is 0 Å². The molecule has 0 aliphatic carbocycles. The summed E-state index contributed by atoms with van der Waals surface area (Å²) in [4.78, 5) is 24.6. The van der Waals surface area contributed by atoms with Gasteiger partial charge in [0.05, 0.1) is 18.7 Å². The highest BCUT2D eigenvalue weighted by Gasteiger charge is 2.34. The van der Waals surface area contributed by atoms with E-state index in [4.69, 9.17) is 5.26 Å². The second-order valence-electron chi connectivity index (χ2n) is 8.14. The normalized spacial score (nSPS) is 28.7. The molecule has 0 spiro atoms. The fraction of sp³-hybridized carbons (Fsp3) is 0.895. The molecule has 8 nitrogen and oxygen atoms in total. The summed E-state index contributed by atoms with van der Waals surface area (Å²) in [5.74, 6) is 0.271. The van der Waals surface area contributed by atoms with Crippen molar-refractivity contribution in [1.82, 2.24) is 29.4 Å². The molecule has 0 bridgehead atoms. The first-order valence-electron chi connectivity index (χ1n) is 9.68. The molecule has 8 heteroatoms. The average Bonchev–Trinajstić information content (AvgIpc) is 2.54. The highest BCUT2D eigenvalue weighted by molar-refractivity contribution is 5.81. The standard InChI is InChI=1S/C10H21N3O.C9H18N4/c1-8(14)9-6-7-12(4)10(11(2)3)13(9)5;1-11(2)9-12(3)6-4-7-13(9)8-5-10/h9-10H,6-7H2,1-5H3;9H,4,6-8H2,1-3H3. The Balaban J connectivity index is 0.000000271. The zero-order valence-electron chi connectivity index (χ0n) is 18.5. The van der Waals surface area contributed by atoms with Crippen LogP contribution in [0.2, 0.25) is 0 Å². The van der Waals surface area contributed by atoms with E-state index in [-0.39, 0.29) is 24.4 Å². The minimum Gasteiger partial charge on any atom is -0.298 e. The first-order valence-corrected chi connectivity index (χ1v) is 9.68. The van der Waals surface area contributed by atoms with Crippen molar-refractivity contribution in [2.75, 3.05) is 75.5 Å². The first-order chi connectivity index (χ1) is 12.6. The quantitative estimate of drug-likeness (QED) is 0.633. The highest BCUT2D eigenvalue weighted by atomic mass is 16.1. The Morgan fingerprint density at radius 1 is 1.00 bits per heavy atom. The molecule has 0 aromatic rings. The van der Waals surface area contributed by atoms with Gasteiger partial charge in [0.1, 0.15) is 18.4 Å². The summed E-state index contributed by atoms with van der Waals surface area (Å²) in [5, 5.41) is 8.68. The molecule has 0 N–H and O–H groups in total. The lowest BCUT2D eigenvalue weighted by atomic mass is 10.1. The highest BCUT2D eigenvalue weighted by Crippen LogP contribution is 2.18. The number of nitrogens with zero attached hydrogens (tertiary/aromatic N) is 7. The molecule has 2 aliphatic heterocycles. The molecule has 0 saturated carbocycles. The van der Waals surface area contributed by atoms with E-state index < -0.39 is 0 Å². The molecule has 0 aromatic carbocycles. The number of rotatable bonds is 4. The van der Waals surface area contributed by atoms with E-state index in [2.05, 4.69) is 63.7 Å². The Labute approximate surface area is 165 Å². The van der Waals surface area contributed by atoms with Gasteiger partial charge < -0.3 is 0 Å². The van der Waals surface area contributed by atoms with E-state index in [1.54, 1.807) is 6.92 Å². The molecular weight excluding hydrogens is 342 g/mol. The van der Waals surface area contributed by atoms with Crippen LogP contribution in [0.5, 0.6) is 0 Å². The lowest BCUT2D eigenvalue weighted by Crippen LogP contribution is -2.62. The van der Waals surface area contributed by atoms with Gasteiger partial charge in [0, 0.05) is 19.6 Å². The third kappa shape index (κ3) is 6.49. The van der Waals surface area contributed by atoms with Gasteiger partial charge in [0.2, 0.25) is 0 Å². The van der Waals surface area contributed by atoms with Crippen LogP contribution >= 0.6 is 0 Å². The Bertz CT molecular complexity index is 505. The van der Waals surface area contributed by atoms with Gasteiger partial charge in [-0.2, -0.15) is 5.26 Å². The second-order valence-corrected chi connectivity index (χ2v) is 8.14. The molecule has 0 aromatic heterocycles. The van der Waals surface area contributed by atoms with Gasteiger partial charge in [0.25, 0.3) is 0 Å². The largest absolute Gasteiger partial charge is 0.298 e. The molecule has 3 atom stereocenters. The number of ketones is 1. The fourth-order valence-corrected chi connectivity index (χ4v) is 4.37. The summed E-state index contributed by atoms with van der Waals surface area (Å²) in [6, 6.07) is 2.30. The minimum atomic E-state index is 0.0820. The Morgan fingerprint density at radius 2 is 1.56 bits per heavy atom. The molecular formula is C19H39N7O. The maximum Gasteiger partial charge on any atom is 0.147 e. The van der Waals surface area contributed by atoms with Gasteiger partial charge in [-0.3, -0.25) is 34.2 Å². The third-order valence-electron chi connectivity index (χ3n) is 5.35.